The smallest absolute Gasteiger partial charge is 0.347 e. The van der Waals surface area contributed by atoms with Crippen molar-refractivity contribution in [2.45, 2.75) is 114 Å². The van der Waals surface area contributed by atoms with E-state index in [1.54, 1.807) is 7.11 Å². The number of likely N-dealkylation sites (tertiary alicyclic amines) is 1. The highest BCUT2D eigenvalue weighted by molar-refractivity contribution is 5.93. The number of aromatic amines is 1. The molecule has 14 heteroatoms. The van der Waals surface area contributed by atoms with Crippen molar-refractivity contribution in [1.29, 1.82) is 0 Å². The molecule has 2 bridgehead atoms. The number of aliphatic hydroxyl groups is 1. The van der Waals surface area contributed by atoms with Gasteiger partial charge in [-0.15, -0.1) is 0 Å². The first-order valence-corrected chi connectivity index (χ1v) is 23.4. The van der Waals surface area contributed by atoms with Crippen LogP contribution in [0.2, 0.25) is 0 Å². The fourth-order valence-electron chi connectivity index (χ4n) is 14.6. The lowest BCUT2D eigenvalue weighted by atomic mass is 9.48. The van der Waals surface area contributed by atoms with E-state index in [4.69, 9.17) is 23.7 Å². The van der Waals surface area contributed by atoms with Gasteiger partial charge < -0.3 is 33.8 Å². The Labute approximate surface area is 380 Å². The second-order valence-corrected chi connectivity index (χ2v) is 20.2. The number of hydrogen-bond acceptors (Lipinski definition) is 12. The maximum absolute atomic E-state index is 15.6. The number of nitrogens with one attached hydrogen (secondary N) is 1. The Balaban J connectivity index is 1.26. The van der Waals surface area contributed by atoms with Gasteiger partial charge in [-0.2, -0.15) is 0 Å². The van der Waals surface area contributed by atoms with Gasteiger partial charge in [0.05, 0.1) is 31.3 Å². The number of rotatable bonds is 8. The van der Waals surface area contributed by atoms with Gasteiger partial charge in [0, 0.05) is 91.4 Å². The second kappa shape index (κ2) is 15.1. The van der Waals surface area contributed by atoms with Crippen LogP contribution in [0.3, 0.4) is 0 Å². The van der Waals surface area contributed by atoms with Gasteiger partial charge in [-0.25, -0.2) is 4.79 Å². The average Bonchev–Trinajstić information content (AvgIpc) is 3.52. The van der Waals surface area contributed by atoms with Crippen molar-refractivity contribution in [2.24, 2.45) is 28.6 Å². The number of carbonyl (C=O) groups is 4. The number of fused-ring (bicyclic) bond motifs is 6. The number of benzene rings is 1. The Kier molecular flexibility index (Phi) is 10.3. The third kappa shape index (κ3) is 5.59. The fraction of sp³-hybridized carbons (Fsp3) is 0.608. The zero-order chi connectivity index (χ0) is 46.1. The summed E-state index contributed by atoms with van der Waals surface area (Å²) in [6, 6.07) is 5.76. The SMILES string of the molecule is CC[C@]1(O)C[C@H]2CN(CCc3c([nH]c4ccc(C#CC(C)C)cc34)[C@@](C(=O)OC)(C3C=C4C(=CC3OC)N(C=O)[C@@]35O[C@]3(C(=O)OC)[C@H](OC(C)=O)[C@]3(CC)C=CCN6CC[C@]45[C@@H]63)C2)C1. The van der Waals surface area contributed by atoms with E-state index in [-0.39, 0.29) is 11.8 Å². The highest BCUT2D eigenvalue weighted by Crippen LogP contribution is 2.82. The van der Waals surface area contributed by atoms with Crippen molar-refractivity contribution in [3.63, 3.8) is 0 Å². The first kappa shape index (κ1) is 44.1. The fourth-order valence-corrected chi connectivity index (χ4v) is 14.6. The molecule has 2 aromatic rings. The van der Waals surface area contributed by atoms with Gasteiger partial charge >= 0.3 is 17.9 Å². The quantitative estimate of drug-likeness (QED) is 0.0953. The van der Waals surface area contributed by atoms with Gasteiger partial charge in [-0.1, -0.05) is 57.8 Å². The van der Waals surface area contributed by atoms with E-state index in [1.807, 2.05) is 32.1 Å². The lowest BCUT2D eigenvalue weighted by molar-refractivity contribution is -0.183. The lowest BCUT2D eigenvalue weighted by Crippen LogP contribution is -2.74. The Hall–Kier alpha value is -4.78. The summed E-state index contributed by atoms with van der Waals surface area (Å²) in [5, 5.41) is 13.1. The number of aromatic nitrogens is 1. The Morgan fingerprint density at radius 1 is 1.06 bits per heavy atom. The van der Waals surface area contributed by atoms with Gasteiger partial charge in [0.15, 0.2) is 6.10 Å². The molecule has 12 atom stereocenters. The molecule has 14 nitrogen and oxygen atoms in total. The average molecular weight is 891 g/mol. The maximum atomic E-state index is 15.6. The van der Waals surface area contributed by atoms with Gasteiger partial charge in [-0.05, 0) is 86.4 Å². The number of esters is 3. The number of epoxide rings is 1. The van der Waals surface area contributed by atoms with Crippen molar-refractivity contribution in [1.82, 2.24) is 19.7 Å². The first-order chi connectivity index (χ1) is 31.1. The minimum Gasteiger partial charge on any atom is -0.468 e. The molecule has 3 unspecified atom stereocenters. The Morgan fingerprint density at radius 3 is 2.52 bits per heavy atom. The van der Waals surface area contributed by atoms with E-state index >= 15 is 4.79 Å². The number of amides is 1. The minimum absolute atomic E-state index is 0.130. The van der Waals surface area contributed by atoms with Crippen LogP contribution >= 0.6 is 0 Å². The van der Waals surface area contributed by atoms with Gasteiger partial charge in [0.2, 0.25) is 12.1 Å². The molecule has 0 radical (unpaired) electrons. The Bertz CT molecular complexity index is 2540. The third-order valence-corrected chi connectivity index (χ3v) is 16.9. The molecule has 65 heavy (non-hydrogen) atoms. The zero-order valence-electron chi connectivity index (χ0n) is 38.8. The van der Waals surface area contributed by atoms with Crippen molar-refractivity contribution in [3.05, 3.63) is 70.6 Å². The number of ether oxygens (including phenoxy) is 5. The number of methoxy groups -OCH3 is 3. The summed E-state index contributed by atoms with van der Waals surface area (Å²) in [4.78, 5) is 67.4. The minimum atomic E-state index is -1.88. The molecule has 7 heterocycles. The molecule has 1 amide bonds. The lowest BCUT2D eigenvalue weighted by Gasteiger charge is -2.58. The predicted octanol–water partition coefficient (Wildman–Crippen LogP) is 4.53. The number of nitrogens with zero attached hydrogens (tertiary/aromatic N) is 3. The van der Waals surface area contributed by atoms with Gasteiger partial charge in [0.1, 0.15) is 5.41 Å². The second-order valence-electron chi connectivity index (χ2n) is 20.2. The van der Waals surface area contributed by atoms with E-state index in [2.05, 4.69) is 64.8 Å². The summed E-state index contributed by atoms with van der Waals surface area (Å²) in [6.45, 7) is 12.6. The van der Waals surface area contributed by atoms with E-state index < -0.39 is 75.2 Å². The number of piperidine rings is 1. The molecular formula is C51H62N4O10. The maximum Gasteiger partial charge on any atom is 0.347 e. The van der Waals surface area contributed by atoms with Crippen LogP contribution < -0.4 is 0 Å². The summed E-state index contributed by atoms with van der Waals surface area (Å²) in [5.74, 6) is 4.23. The molecule has 2 N–H and O–H groups in total. The zero-order valence-corrected chi connectivity index (χ0v) is 38.8. The van der Waals surface area contributed by atoms with Crippen LogP contribution in [0.1, 0.15) is 83.5 Å². The van der Waals surface area contributed by atoms with Crippen LogP contribution in [0.15, 0.2) is 53.8 Å². The van der Waals surface area contributed by atoms with Crippen LogP contribution in [-0.2, 0) is 54.7 Å². The summed E-state index contributed by atoms with van der Waals surface area (Å²) in [6.07, 6.45) is 9.94. The monoisotopic (exact) mass is 890 g/mol. The highest BCUT2D eigenvalue weighted by Gasteiger charge is 3.00. The molecule has 8 aliphatic rings. The standard InChI is InChI=1S/C51H62N4O10/c1-9-46(60)25-33-26-48(44(58)62-7,41-34(16-20-53(27-33)28-46)35-22-32(13-12-30(3)4)14-15-38(35)52-41)37-23-36-39(24-40(37)61-6)55(29-56)51-49(36)18-21-54-19-11-17-47(10-2,42(49)54)43(64-31(5)57)50(51,65-51)45(59)63-8/h11,14-15,17,22-24,29-30,33,37,40,42-43,52,60H,9-10,16,18-21,25-28H2,1-8H3/t33-,37?,40?,42+,43-,46+,47-,48+,49-,50+,51+/m1/s1. The molecular weight excluding hydrogens is 829 g/mol. The molecule has 1 aromatic carbocycles. The summed E-state index contributed by atoms with van der Waals surface area (Å²) in [5.41, 5.74) is -3.14. The number of allylic oxidation sites excluding steroid dienone is 1. The topological polar surface area (TPSA) is 163 Å². The van der Waals surface area contributed by atoms with Gasteiger partial charge in [-0.3, -0.25) is 29.1 Å². The molecule has 5 fully saturated rings. The van der Waals surface area contributed by atoms with Crippen LogP contribution in [0.5, 0.6) is 0 Å². The molecule has 1 aromatic heterocycles. The molecule has 346 valence electrons. The summed E-state index contributed by atoms with van der Waals surface area (Å²) < 4.78 is 31.5. The van der Waals surface area contributed by atoms with E-state index in [0.29, 0.717) is 83.4 Å². The van der Waals surface area contributed by atoms with Crippen LogP contribution in [0.25, 0.3) is 10.9 Å². The molecule has 6 aliphatic heterocycles. The highest BCUT2D eigenvalue weighted by atomic mass is 16.7. The van der Waals surface area contributed by atoms with Crippen molar-refractivity contribution < 1.29 is 48.0 Å². The predicted molar refractivity (Wildman–Crippen MR) is 239 cm³/mol. The summed E-state index contributed by atoms with van der Waals surface area (Å²) in [7, 11) is 4.33. The molecule has 2 aliphatic carbocycles. The first-order valence-electron chi connectivity index (χ1n) is 23.4. The summed E-state index contributed by atoms with van der Waals surface area (Å²) >= 11 is 0. The molecule has 4 saturated heterocycles. The molecule has 2 spiro atoms. The van der Waals surface area contributed by atoms with Crippen LogP contribution in [0, 0.1) is 40.4 Å². The molecule has 1 saturated carbocycles. The third-order valence-electron chi connectivity index (χ3n) is 16.9. The van der Waals surface area contributed by atoms with Gasteiger partial charge in [0.25, 0.3) is 5.60 Å². The molecule has 10 rings (SSSR count). The largest absolute Gasteiger partial charge is 0.468 e. The van der Waals surface area contributed by atoms with E-state index in [9.17, 15) is 19.5 Å². The van der Waals surface area contributed by atoms with Crippen molar-refractivity contribution in [2.75, 3.05) is 54.1 Å². The number of hydrogen-bond donors (Lipinski definition) is 2. The van der Waals surface area contributed by atoms with Crippen molar-refractivity contribution >= 4 is 35.2 Å². The Morgan fingerprint density at radius 2 is 1.85 bits per heavy atom. The normalized spacial score (nSPS) is 39.7. The number of carbonyl (C=O) groups excluding carboxylic acids is 4. The van der Waals surface area contributed by atoms with Crippen LogP contribution in [-0.4, -0.2) is 138 Å². The van der Waals surface area contributed by atoms with E-state index in [1.165, 1.54) is 26.0 Å². The van der Waals surface area contributed by atoms with E-state index in [0.717, 1.165) is 33.3 Å². The van der Waals surface area contributed by atoms with Crippen molar-refractivity contribution in [3.8, 4) is 11.8 Å². The van der Waals surface area contributed by atoms with Crippen LogP contribution in [0.4, 0.5) is 0 Å². The number of H-pyrrole nitrogens is 1.